The summed E-state index contributed by atoms with van der Waals surface area (Å²) in [5.41, 5.74) is 3.02. The molecule has 4 heteroatoms. The van der Waals surface area contributed by atoms with Gasteiger partial charge in [-0.3, -0.25) is 10.3 Å². The normalized spacial score (nSPS) is 14.1. The van der Waals surface area contributed by atoms with Crippen molar-refractivity contribution >= 4 is 11.8 Å². The van der Waals surface area contributed by atoms with Crippen molar-refractivity contribution in [1.29, 1.82) is 0 Å². The number of rotatable bonds is 8. The van der Waals surface area contributed by atoms with Crippen LogP contribution in [0.15, 0.2) is 24.3 Å². The predicted octanol–water partition coefficient (Wildman–Crippen LogP) is 4.79. The Morgan fingerprint density at radius 1 is 1.26 bits per heavy atom. The number of allylic oxidation sites excluding steroid dienone is 1. The number of anilines is 1. The third kappa shape index (κ3) is 5.56. The van der Waals surface area contributed by atoms with Crippen LogP contribution in [-0.4, -0.2) is 22.4 Å². The summed E-state index contributed by atoms with van der Waals surface area (Å²) in [6.07, 6.45) is 5.03. The smallest absolute Gasteiger partial charge is 0.145 e. The molecule has 130 valence electrons. The van der Waals surface area contributed by atoms with E-state index in [0.717, 1.165) is 23.4 Å². The molecule has 1 aromatic carbocycles. The molecule has 0 fully saturated rings. The highest BCUT2D eigenvalue weighted by Gasteiger charge is 2.37. The molecule has 1 atom stereocenters. The molecule has 1 unspecified atom stereocenters. The monoisotopic (exact) mass is 321 g/mol. The number of benzene rings is 1. The molecule has 0 aliphatic carbocycles. The third-order valence-electron chi connectivity index (χ3n) is 4.16. The fourth-order valence-corrected chi connectivity index (χ4v) is 1.63. The Morgan fingerprint density at radius 2 is 1.91 bits per heavy atom. The van der Waals surface area contributed by atoms with E-state index in [1.807, 2.05) is 58.0 Å². The maximum Gasteiger partial charge on any atom is 0.145 e. The molecule has 0 spiro atoms. The Bertz CT molecular complexity index is 530. The van der Waals surface area contributed by atoms with Crippen LogP contribution in [0.3, 0.4) is 0 Å². The van der Waals surface area contributed by atoms with Crippen molar-refractivity contribution in [3.8, 4) is 5.75 Å². The summed E-state index contributed by atoms with van der Waals surface area (Å²) in [6, 6.07) is 5.91. The van der Waals surface area contributed by atoms with Crippen molar-refractivity contribution in [2.45, 2.75) is 72.2 Å². The van der Waals surface area contributed by atoms with Crippen LogP contribution >= 0.6 is 0 Å². The largest absolute Gasteiger partial charge is 0.488 e. The van der Waals surface area contributed by atoms with Gasteiger partial charge < -0.3 is 9.84 Å². The van der Waals surface area contributed by atoms with E-state index >= 15 is 0 Å². The summed E-state index contributed by atoms with van der Waals surface area (Å²) < 4.78 is 5.95. The van der Waals surface area contributed by atoms with Crippen LogP contribution < -0.4 is 10.2 Å². The quantitative estimate of drug-likeness (QED) is 0.676. The van der Waals surface area contributed by atoms with Crippen LogP contribution in [0.25, 0.3) is 6.08 Å². The van der Waals surface area contributed by atoms with Gasteiger partial charge in [-0.05, 0) is 65.7 Å². The van der Waals surface area contributed by atoms with Crippen LogP contribution in [0.1, 0.15) is 60.5 Å². The zero-order valence-corrected chi connectivity index (χ0v) is 15.4. The van der Waals surface area contributed by atoms with Crippen LogP contribution in [-0.2, 0) is 4.84 Å². The fraction of sp³-hybridized carbons (Fsp3) is 0.579. The molecule has 1 aromatic rings. The average molecular weight is 321 g/mol. The molecule has 0 aliphatic heterocycles. The van der Waals surface area contributed by atoms with Crippen molar-refractivity contribution < 1.29 is 14.7 Å². The first-order valence-corrected chi connectivity index (χ1v) is 8.20. The van der Waals surface area contributed by atoms with E-state index in [9.17, 15) is 5.11 Å². The maximum atomic E-state index is 10.2. The number of ether oxygens (including phenoxy) is 1. The molecule has 0 saturated heterocycles. The Kier molecular flexibility index (Phi) is 6.66. The zero-order valence-electron chi connectivity index (χ0n) is 15.4. The number of aliphatic hydroxyl groups is 1. The van der Waals surface area contributed by atoms with E-state index in [0.29, 0.717) is 0 Å². The lowest BCUT2D eigenvalue weighted by Crippen LogP contribution is -2.48. The second-order valence-electron chi connectivity index (χ2n) is 6.87. The number of hydrogen-bond acceptors (Lipinski definition) is 4. The molecule has 0 bridgehead atoms. The molecule has 4 nitrogen and oxygen atoms in total. The fourth-order valence-electron chi connectivity index (χ4n) is 1.63. The minimum atomic E-state index is -0.987. The first kappa shape index (κ1) is 19.5. The molecule has 23 heavy (non-hydrogen) atoms. The molecule has 0 aromatic heterocycles. The lowest BCUT2D eigenvalue weighted by atomic mass is 9.90. The number of nitrogens with one attached hydrogen (secondary N) is 1. The summed E-state index contributed by atoms with van der Waals surface area (Å²) in [4.78, 5) is 5.76. The van der Waals surface area contributed by atoms with Gasteiger partial charge >= 0.3 is 0 Å². The van der Waals surface area contributed by atoms with Gasteiger partial charge in [-0.25, -0.2) is 0 Å². The molecule has 2 N–H and O–H groups in total. The standard InChI is InChI=1S/C19H31NO3/c1-8-10-15-11-12-17(22-14(3)9-2)16(13-15)20-23-19(6,7)18(4,5)21/h8,10-14,20-21H,9H2,1-7H3. The molecule has 1 rings (SSSR count). The molecular weight excluding hydrogens is 290 g/mol. The van der Waals surface area contributed by atoms with Crippen LogP contribution in [0.5, 0.6) is 5.75 Å². The Morgan fingerprint density at radius 3 is 2.43 bits per heavy atom. The predicted molar refractivity (Wildman–Crippen MR) is 96.6 cm³/mol. The van der Waals surface area contributed by atoms with Gasteiger partial charge in [0.2, 0.25) is 0 Å². The molecule has 0 aliphatic rings. The van der Waals surface area contributed by atoms with Crippen LogP contribution in [0.2, 0.25) is 0 Å². The average Bonchev–Trinajstić information content (AvgIpc) is 2.46. The summed E-state index contributed by atoms with van der Waals surface area (Å²) in [6.45, 7) is 13.2. The highest BCUT2D eigenvalue weighted by molar-refractivity contribution is 5.63. The van der Waals surface area contributed by atoms with Gasteiger partial charge in [-0.15, -0.1) is 0 Å². The van der Waals surface area contributed by atoms with Gasteiger partial charge in [0, 0.05) is 0 Å². The molecule has 0 radical (unpaired) electrons. The van der Waals surface area contributed by atoms with Crippen molar-refractivity contribution in [2.75, 3.05) is 5.48 Å². The van der Waals surface area contributed by atoms with Crippen LogP contribution in [0.4, 0.5) is 5.69 Å². The summed E-state index contributed by atoms with van der Waals surface area (Å²) >= 11 is 0. The van der Waals surface area contributed by atoms with E-state index in [1.54, 1.807) is 13.8 Å². The highest BCUT2D eigenvalue weighted by Crippen LogP contribution is 2.31. The Balaban J connectivity index is 3.02. The first-order chi connectivity index (χ1) is 10.6. The summed E-state index contributed by atoms with van der Waals surface area (Å²) in [7, 11) is 0. The van der Waals surface area contributed by atoms with Gasteiger partial charge in [0.1, 0.15) is 17.0 Å². The van der Waals surface area contributed by atoms with E-state index in [1.165, 1.54) is 0 Å². The first-order valence-electron chi connectivity index (χ1n) is 8.20. The topological polar surface area (TPSA) is 50.7 Å². The molecular formula is C19H31NO3. The van der Waals surface area contributed by atoms with Gasteiger partial charge in [0.25, 0.3) is 0 Å². The minimum Gasteiger partial charge on any atom is -0.488 e. The lowest BCUT2D eigenvalue weighted by molar-refractivity contribution is -0.130. The molecule has 0 heterocycles. The van der Waals surface area contributed by atoms with Gasteiger partial charge in [-0.2, -0.15) is 0 Å². The number of hydrogen-bond donors (Lipinski definition) is 2. The van der Waals surface area contributed by atoms with E-state index < -0.39 is 11.2 Å². The van der Waals surface area contributed by atoms with Crippen molar-refractivity contribution in [1.82, 2.24) is 0 Å². The maximum absolute atomic E-state index is 10.2. The highest BCUT2D eigenvalue weighted by atomic mass is 16.7. The summed E-state index contributed by atoms with van der Waals surface area (Å²) in [5, 5.41) is 10.2. The van der Waals surface area contributed by atoms with Gasteiger partial charge in [0.05, 0.1) is 11.7 Å². The Labute approximate surface area is 140 Å². The minimum absolute atomic E-state index is 0.116. The van der Waals surface area contributed by atoms with Crippen LogP contribution in [0, 0.1) is 0 Å². The Hall–Kier alpha value is -1.52. The van der Waals surface area contributed by atoms with Crippen molar-refractivity contribution in [3.63, 3.8) is 0 Å². The van der Waals surface area contributed by atoms with E-state index in [-0.39, 0.29) is 6.10 Å². The van der Waals surface area contributed by atoms with Gasteiger partial charge in [-0.1, -0.05) is 25.1 Å². The molecule has 0 saturated carbocycles. The van der Waals surface area contributed by atoms with Gasteiger partial charge in [0.15, 0.2) is 0 Å². The van der Waals surface area contributed by atoms with E-state index in [2.05, 4.69) is 12.4 Å². The lowest BCUT2D eigenvalue weighted by Gasteiger charge is -2.36. The SMILES string of the molecule is CC=Cc1ccc(OC(C)CC)c(NOC(C)(C)C(C)(C)O)c1. The van der Waals surface area contributed by atoms with Crippen molar-refractivity contribution in [2.24, 2.45) is 0 Å². The second-order valence-corrected chi connectivity index (χ2v) is 6.87. The molecule has 0 amide bonds. The van der Waals surface area contributed by atoms with E-state index in [4.69, 9.17) is 9.57 Å². The van der Waals surface area contributed by atoms with Crippen molar-refractivity contribution in [3.05, 3.63) is 29.8 Å². The zero-order chi connectivity index (χ0) is 17.7. The summed E-state index contributed by atoms with van der Waals surface area (Å²) in [5.74, 6) is 0.735. The second kappa shape index (κ2) is 7.84. The third-order valence-corrected chi connectivity index (χ3v) is 4.16.